The zero-order chi connectivity index (χ0) is 22.2. The molecule has 3 rings (SSSR count). The lowest BCUT2D eigenvalue weighted by molar-refractivity contribution is 0.631. The molecule has 0 radical (unpaired) electrons. The number of pyridine rings is 1. The van der Waals surface area contributed by atoms with E-state index >= 15 is 0 Å². The molecule has 3 N–H and O–H groups in total. The van der Waals surface area contributed by atoms with Crippen LogP contribution in [0.3, 0.4) is 0 Å². The first kappa shape index (κ1) is 22.8. The van der Waals surface area contributed by atoms with Crippen LogP contribution in [-0.4, -0.2) is 12.0 Å². The Morgan fingerprint density at radius 3 is 2.39 bits per heavy atom. The first-order chi connectivity index (χ1) is 15.1. The number of halogens is 1. The highest BCUT2D eigenvalue weighted by atomic mass is 19.1. The summed E-state index contributed by atoms with van der Waals surface area (Å²) < 4.78 is 14.7. The minimum Gasteiger partial charge on any atom is -0.388 e. The number of hydrogen-bond donors (Lipinski definition) is 2. The molecule has 0 fully saturated rings. The number of benzene rings is 2. The van der Waals surface area contributed by atoms with Gasteiger partial charge in [-0.2, -0.15) is 0 Å². The van der Waals surface area contributed by atoms with Gasteiger partial charge < -0.3 is 11.1 Å². The van der Waals surface area contributed by atoms with Gasteiger partial charge in [-0.05, 0) is 60.2 Å². The van der Waals surface area contributed by atoms with Gasteiger partial charge in [-0.25, -0.2) is 9.37 Å². The maximum Gasteiger partial charge on any atom is 0.133 e. The van der Waals surface area contributed by atoms with Gasteiger partial charge in [-0.3, -0.25) is 0 Å². The molecule has 0 spiro atoms. The molecular weight excluding hydrogens is 385 g/mol. The van der Waals surface area contributed by atoms with Crippen molar-refractivity contribution in [2.75, 3.05) is 18.1 Å². The molecular formula is C27H34FN3. The number of nitrogens with two attached hydrogens (primary N) is 1. The lowest BCUT2D eigenvalue weighted by Gasteiger charge is -2.13. The van der Waals surface area contributed by atoms with Crippen molar-refractivity contribution in [3.8, 4) is 22.3 Å². The summed E-state index contributed by atoms with van der Waals surface area (Å²) in [6.45, 7) is 4.45. The van der Waals surface area contributed by atoms with Gasteiger partial charge in [0, 0.05) is 35.6 Å². The van der Waals surface area contributed by atoms with Gasteiger partial charge in [0.25, 0.3) is 0 Å². The third-order valence-electron chi connectivity index (χ3n) is 5.94. The van der Waals surface area contributed by atoms with Crippen molar-refractivity contribution in [2.45, 2.75) is 58.8 Å². The fourth-order valence-corrected chi connectivity index (χ4v) is 4.04. The SMILES string of the molecule is CCCCCCCc1ccc(-c2cnc(N)c(-c3ccc(NC)cc3F)c2)cc1CC. The van der Waals surface area contributed by atoms with E-state index in [9.17, 15) is 4.39 Å². The van der Waals surface area contributed by atoms with Crippen molar-refractivity contribution < 1.29 is 4.39 Å². The predicted octanol–water partition coefficient (Wildman–Crippen LogP) is 7.25. The number of hydrogen-bond acceptors (Lipinski definition) is 3. The van der Waals surface area contributed by atoms with Crippen LogP contribution in [0.5, 0.6) is 0 Å². The van der Waals surface area contributed by atoms with Crippen molar-refractivity contribution in [3.63, 3.8) is 0 Å². The standard InChI is InChI=1S/C27H34FN3/c1-4-6-7-8-9-10-20-11-12-21(15-19(20)5-2)22-16-25(27(29)31-18-22)24-14-13-23(30-3)17-26(24)28/h11-18,30H,4-10H2,1-3H3,(H2,29,31). The molecule has 4 heteroatoms. The highest BCUT2D eigenvalue weighted by Gasteiger charge is 2.13. The fourth-order valence-electron chi connectivity index (χ4n) is 4.04. The van der Waals surface area contributed by atoms with E-state index in [1.54, 1.807) is 19.3 Å². The molecule has 0 amide bonds. The molecule has 0 atom stereocenters. The number of nitrogens with zero attached hydrogens (tertiary/aromatic N) is 1. The normalized spacial score (nSPS) is 11.0. The highest BCUT2D eigenvalue weighted by Crippen LogP contribution is 2.33. The second-order valence-electron chi connectivity index (χ2n) is 8.10. The van der Waals surface area contributed by atoms with Crippen LogP contribution >= 0.6 is 0 Å². The molecule has 3 nitrogen and oxygen atoms in total. The monoisotopic (exact) mass is 419 g/mol. The van der Waals surface area contributed by atoms with Gasteiger partial charge in [0.05, 0.1) is 0 Å². The van der Waals surface area contributed by atoms with E-state index in [4.69, 9.17) is 5.73 Å². The average molecular weight is 420 g/mol. The summed E-state index contributed by atoms with van der Waals surface area (Å²) in [6.07, 6.45) is 10.3. The van der Waals surface area contributed by atoms with Crippen LogP contribution in [-0.2, 0) is 12.8 Å². The Kier molecular flexibility index (Phi) is 8.05. The number of nitrogens with one attached hydrogen (secondary N) is 1. The first-order valence-corrected chi connectivity index (χ1v) is 11.4. The van der Waals surface area contributed by atoms with E-state index < -0.39 is 0 Å². The summed E-state index contributed by atoms with van der Waals surface area (Å²) >= 11 is 0. The summed E-state index contributed by atoms with van der Waals surface area (Å²) in [4.78, 5) is 4.37. The van der Waals surface area contributed by atoms with Crippen LogP contribution in [0.2, 0.25) is 0 Å². The van der Waals surface area contributed by atoms with Gasteiger partial charge in [0.2, 0.25) is 0 Å². The average Bonchev–Trinajstić information content (AvgIpc) is 2.79. The van der Waals surface area contributed by atoms with E-state index in [2.05, 4.69) is 42.3 Å². The molecule has 164 valence electrons. The number of anilines is 2. The largest absolute Gasteiger partial charge is 0.388 e. The van der Waals surface area contributed by atoms with Crippen molar-refractivity contribution in [1.29, 1.82) is 0 Å². The Balaban J connectivity index is 1.87. The predicted molar refractivity (Wildman–Crippen MR) is 131 cm³/mol. The topological polar surface area (TPSA) is 50.9 Å². The maximum absolute atomic E-state index is 14.7. The third kappa shape index (κ3) is 5.63. The molecule has 0 aliphatic heterocycles. The summed E-state index contributed by atoms with van der Waals surface area (Å²) in [6, 6.07) is 13.7. The van der Waals surface area contributed by atoms with Crippen LogP contribution in [0.15, 0.2) is 48.7 Å². The molecule has 2 aromatic carbocycles. The Hall–Kier alpha value is -2.88. The summed E-state index contributed by atoms with van der Waals surface area (Å²) in [5.41, 5.74) is 12.8. The van der Waals surface area contributed by atoms with Crippen molar-refractivity contribution in [2.24, 2.45) is 0 Å². The van der Waals surface area contributed by atoms with Gasteiger partial charge in [-0.15, -0.1) is 0 Å². The van der Waals surface area contributed by atoms with E-state index in [-0.39, 0.29) is 5.82 Å². The molecule has 1 heterocycles. The summed E-state index contributed by atoms with van der Waals surface area (Å²) in [5.74, 6) is 0.0180. The second kappa shape index (κ2) is 10.9. The zero-order valence-corrected chi connectivity index (χ0v) is 19.0. The minimum absolute atomic E-state index is 0.315. The number of nitrogen functional groups attached to an aromatic ring is 1. The lowest BCUT2D eigenvalue weighted by atomic mass is 9.94. The molecule has 1 aromatic heterocycles. The Morgan fingerprint density at radius 1 is 0.871 bits per heavy atom. The maximum atomic E-state index is 14.7. The lowest BCUT2D eigenvalue weighted by Crippen LogP contribution is -1.98. The fraction of sp³-hybridized carbons (Fsp3) is 0.370. The molecule has 3 aromatic rings. The van der Waals surface area contributed by atoms with Crippen LogP contribution in [0.4, 0.5) is 15.9 Å². The van der Waals surface area contributed by atoms with E-state index in [1.165, 1.54) is 49.3 Å². The van der Waals surface area contributed by atoms with E-state index in [0.29, 0.717) is 16.9 Å². The van der Waals surface area contributed by atoms with Gasteiger partial charge in [0.15, 0.2) is 0 Å². The highest BCUT2D eigenvalue weighted by molar-refractivity contribution is 5.80. The Labute approximate surface area is 185 Å². The van der Waals surface area contributed by atoms with E-state index in [0.717, 1.165) is 29.7 Å². The second-order valence-corrected chi connectivity index (χ2v) is 8.10. The minimum atomic E-state index is -0.315. The molecule has 0 unspecified atom stereocenters. The summed E-state index contributed by atoms with van der Waals surface area (Å²) in [7, 11) is 1.77. The molecule has 0 aliphatic carbocycles. The van der Waals surface area contributed by atoms with Crippen LogP contribution < -0.4 is 11.1 Å². The number of unbranched alkanes of at least 4 members (excludes halogenated alkanes) is 4. The number of aromatic nitrogens is 1. The van der Waals surface area contributed by atoms with Gasteiger partial charge in [0.1, 0.15) is 11.6 Å². The van der Waals surface area contributed by atoms with Gasteiger partial charge >= 0.3 is 0 Å². The van der Waals surface area contributed by atoms with Crippen LogP contribution in [0, 0.1) is 5.82 Å². The Morgan fingerprint density at radius 2 is 1.68 bits per heavy atom. The van der Waals surface area contributed by atoms with Crippen molar-refractivity contribution in [3.05, 3.63) is 65.6 Å². The van der Waals surface area contributed by atoms with Crippen molar-refractivity contribution >= 4 is 11.5 Å². The molecule has 0 saturated carbocycles. The number of aryl methyl sites for hydroxylation is 2. The molecule has 31 heavy (non-hydrogen) atoms. The molecule has 0 bridgehead atoms. The first-order valence-electron chi connectivity index (χ1n) is 11.4. The van der Waals surface area contributed by atoms with Crippen molar-refractivity contribution in [1.82, 2.24) is 4.98 Å². The number of rotatable bonds is 10. The third-order valence-corrected chi connectivity index (χ3v) is 5.94. The molecule has 0 saturated heterocycles. The molecule has 0 aliphatic rings. The smallest absolute Gasteiger partial charge is 0.133 e. The quantitative estimate of drug-likeness (QED) is 0.340. The van der Waals surface area contributed by atoms with E-state index in [1.807, 2.05) is 12.1 Å². The Bertz CT molecular complexity index is 1010. The zero-order valence-electron chi connectivity index (χ0n) is 19.0. The van der Waals surface area contributed by atoms with Crippen LogP contribution in [0.1, 0.15) is 57.1 Å². The van der Waals surface area contributed by atoms with Gasteiger partial charge in [-0.1, -0.05) is 57.7 Å². The summed E-state index contributed by atoms with van der Waals surface area (Å²) in [5, 5.41) is 2.95. The van der Waals surface area contributed by atoms with Crippen LogP contribution in [0.25, 0.3) is 22.3 Å².